The van der Waals surface area contributed by atoms with Gasteiger partial charge in [0, 0.05) is 30.8 Å². The Kier molecular flexibility index (Phi) is 7.09. The van der Waals surface area contributed by atoms with Crippen molar-refractivity contribution in [2.75, 3.05) is 12.4 Å². The number of nitrogens with zero attached hydrogens (tertiary/aromatic N) is 2. The van der Waals surface area contributed by atoms with Gasteiger partial charge in [-0.15, -0.1) is 23.1 Å². The molecule has 0 saturated carbocycles. The largest absolute Gasteiger partial charge is 0.396 e. The number of aliphatic hydroxyl groups is 2. The lowest BCUT2D eigenvalue weighted by molar-refractivity contribution is 0.223. The van der Waals surface area contributed by atoms with Gasteiger partial charge in [0.1, 0.15) is 10.9 Å². The molecule has 2 aromatic heterocycles. The van der Waals surface area contributed by atoms with Crippen molar-refractivity contribution in [2.45, 2.75) is 37.8 Å². The molecule has 2 heterocycles. The fraction of sp³-hybridized carbons (Fsp3) is 0.360. The summed E-state index contributed by atoms with van der Waals surface area (Å²) in [7, 11) is 1.50. The number of aromatic nitrogens is 2. The zero-order chi connectivity index (χ0) is 23.7. The minimum atomic E-state index is -0.947. The summed E-state index contributed by atoms with van der Waals surface area (Å²) in [4.78, 5) is 28.2. The van der Waals surface area contributed by atoms with E-state index in [2.05, 4.69) is 0 Å². The maximum absolute atomic E-state index is 13.2. The van der Waals surface area contributed by atoms with E-state index in [1.54, 1.807) is 4.57 Å². The van der Waals surface area contributed by atoms with Crippen LogP contribution in [0.3, 0.4) is 0 Å². The topological polar surface area (TPSA) is 84.5 Å². The van der Waals surface area contributed by atoms with E-state index >= 15 is 0 Å². The van der Waals surface area contributed by atoms with Crippen LogP contribution in [0.2, 0.25) is 0 Å². The Labute approximate surface area is 200 Å². The normalized spacial score (nSPS) is 12.8. The summed E-state index contributed by atoms with van der Waals surface area (Å²) in [6.07, 6.45) is -0.380. The second-order valence-corrected chi connectivity index (χ2v) is 10.7. The summed E-state index contributed by atoms with van der Waals surface area (Å²) in [6.45, 7) is 4.58. The fourth-order valence-electron chi connectivity index (χ4n) is 4.04. The van der Waals surface area contributed by atoms with Crippen LogP contribution in [0.4, 0.5) is 0 Å². The third-order valence-electron chi connectivity index (χ3n) is 5.62. The first-order valence-electron chi connectivity index (χ1n) is 11.0. The van der Waals surface area contributed by atoms with Crippen molar-refractivity contribution in [3.05, 3.63) is 73.7 Å². The van der Waals surface area contributed by atoms with Crippen LogP contribution in [0.15, 0.2) is 56.9 Å². The number of hydrogen-bond donors (Lipinski definition) is 2. The minimum Gasteiger partial charge on any atom is -0.396 e. The molecule has 174 valence electrons. The molecule has 0 amide bonds. The summed E-state index contributed by atoms with van der Waals surface area (Å²) >= 11 is 2.77. The van der Waals surface area contributed by atoms with Crippen LogP contribution in [0, 0.1) is 5.92 Å². The van der Waals surface area contributed by atoms with E-state index in [4.69, 9.17) is 0 Å². The lowest BCUT2D eigenvalue weighted by atomic mass is 9.99. The first-order chi connectivity index (χ1) is 15.8. The van der Waals surface area contributed by atoms with E-state index in [9.17, 15) is 19.8 Å². The molecule has 0 spiro atoms. The van der Waals surface area contributed by atoms with Gasteiger partial charge in [0.25, 0.3) is 5.56 Å². The van der Waals surface area contributed by atoms with Crippen molar-refractivity contribution in [1.82, 2.24) is 9.13 Å². The first-order valence-corrected chi connectivity index (χ1v) is 12.8. The summed E-state index contributed by atoms with van der Waals surface area (Å²) in [5, 5.41) is 23.3. The molecule has 0 aliphatic rings. The number of thiophene rings is 1. The van der Waals surface area contributed by atoms with Gasteiger partial charge in [-0.2, -0.15) is 0 Å². The Morgan fingerprint density at radius 3 is 2.55 bits per heavy atom. The third-order valence-corrected chi connectivity index (χ3v) is 8.22. The van der Waals surface area contributed by atoms with E-state index in [1.807, 2.05) is 56.3 Å². The molecule has 6 nitrogen and oxygen atoms in total. The molecule has 4 rings (SSSR count). The van der Waals surface area contributed by atoms with E-state index in [0.29, 0.717) is 38.7 Å². The molecule has 0 fully saturated rings. The van der Waals surface area contributed by atoms with Crippen LogP contribution in [0.25, 0.3) is 21.0 Å². The van der Waals surface area contributed by atoms with Gasteiger partial charge in [0.15, 0.2) is 0 Å². The lowest BCUT2D eigenvalue weighted by Gasteiger charge is -2.14. The van der Waals surface area contributed by atoms with Gasteiger partial charge in [-0.3, -0.25) is 13.9 Å². The third kappa shape index (κ3) is 4.40. The highest BCUT2D eigenvalue weighted by molar-refractivity contribution is 7.99. The van der Waals surface area contributed by atoms with Crippen molar-refractivity contribution in [1.29, 1.82) is 0 Å². The van der Waals surface area contributed by atoms with E-state index in [0.717, 1.165) is 20.9 Å². The lowest BCUT2D eigenvalue weighted by Crippen LogP contribution is -2.38. The number of aliphatic hydroxyl groups excluding tert-OH is 2. The second kappa shape index (κ2) is 9.85. The fourth-order valence-corrected chi connectivity index (χ4v) is 6.66. The van der Waals surface area contributed by atoms with Gasteiger partial charge in [-0.1, -0.05) is 56.3 Å². The van der Waals surface area contributed by atoms with Gasteiger partial charge in [-0.25, -0.2) is 4.79 Å². The molecule has 8 heteroatoms. The number of fused-ring (bicyclic) bond motifs is 2. The Bertz CT molecular complexity index is 1410. The number of benzene rings is 2. The maximum atomic E-state index is 13.2. The van der Waals surface area contributed by atoms with Crippen LogP contribution < -0.4 is 11.2 Å². The van der Waals surface area contributed by atoms with Crippen LogP contribution in [-0.2, 0) is 13.6 Å². The maximum Gasteiger partial charge on any atom is 0.331 e. The quantitative estimate of drug-likeness (QED) is 0.290. The van der Waals surface area contributed by atoms with Gasteiger partial charge in [0.2, 0.25) is 0 Å². The molecule has 0 radical (unpaired) electrons. The SMILES string of the molecule is CC(C)Cn1c(=O)n(C)c(=O)c2c(SCCCO)c(C(O)c3cccc4ccccc34)sc21. The molecule has 2 N–H and O–H groups in total. The van der Waals surface area contributed by atoms with Crippen molar-refractivity contribution >= 4 is 44.1 Å². The predicted octanol–water partition coefficient (Wildman–Crippen LogP) is 4.13. The van der Waals surface area contributed by atoms with Crippen LogP contribution in [-0.4, -0.2) is 31.7 Å². The number of hydrogen-bond acceptors (Lipinski definition) is 6. The first kappa shape index (κ1) is 23.8. The van der Waals surface area contributed by atoms with Gasteiger partial charge in [0.05, 0.1) is 10.3 Å². The Morgan fingerprint density at radius 1 is 1.09 bits per heavy atom. The Hall–Kier alpha value is -2.39. The molecule has 4 aromatic rings. The molecule has 33 heavy (non-hydrogen) atoms. The Balaban J connectivity index is 2.00. The zero-order valence-electron chi connectivity index (χ0n) is 18.9. The highest BCUT2D eigenvalue weighted by Crippen LogP contribution is 2.43. The summed E-state index contributed by atoms with van der Waals surface area (Å²) in [6, 6.07) is 13.7. The van der Waals surface area contributed by atoms with E-state index in [1.165, 1.54) is 30.1 Å². The standard InChI is InChI=1S/C25H28N2O4S2/c1-15(2)14-27-24-19(23(30)26(3)25(27)31)21(32-13-7-12-28)22(33-24)20(29)18-11-6-9-16-8-4-5-10-17(16)18/h4-6,8-11,15,20,28-29H,7,12-14H2,1-3H3. The second-order valence-electron chi connectivity index (χ2n) is 8.52. The van der Waals surface area contributed by atoms with Gasteiger partial charge in [-0.05, 0) is 28.7 Å². The molecule has 1 unspecified atom stereocenters. The smallest absolute Gasteiger partial charge is 0.331 e. The average Bonchev–Trinajstić information content (AvgIpc) is 3.19. The molecular weight excluding hydrogens is 456 g/mol. The van der Waals surface area contributed by atoms with Crippen LogP contribution in [0.5, 0.6) is 0 Å². The predicted molar refractivity (Wildman–Crippen MR) is 137 cm³/mol. The van der Waals surface area contributed by atoms with E-state index in [-0.39, 0.29) is 23.8 Å². The average molecular weight is 485 g/mol. The van der Waals surface area contributed by atoms with E-state index < -0.39 is 6.10 Å². The monoisotopic (exact) mass is 484 g/mol. The van der Waals surface area contributed by atoms with Crippen molar-refractivity contribution in [3.63, 3.8) is 0 Å². The molecule has 0 bridgehead atoms. The molecule has 0 saturated heterocycles. The van der Waals surface area contributed by atoms with Gasteiger partial charge >= 0.3 is 5.69 Å². The van der Waals surface area contributed by atoms with Crippen LogP contribution >= 0.6 is 23.1 Å². The molecule has 0 aliphatic heterocycles. The van der Waals surface area contributed by atoms with Gasteiger partial charge < -0.3 is 10.2 Å². The zero-order valence-corrected chi connectivity index (χ0v) is 20.6. The van der Waals surface area contributed by atoms with Crippen molar-refractivity contribution in [3.8, 4) is 0 Å². The van der Waals surface area contributed by atoms with Crippen LogP contribution in [0.1, 0.15) is 36.8 Å². The molecule has 2 aromatic carbocycles. The molecule has 0 aliphatic carbocycles. The summed E-state index contributed by atoms with van der Waals surface area (Å²) in [5.74, 6) is 0.812. The van der Waals surface area contributed by atoms with Crippen molar-refractivity contribution < 1.29 is 10.2 Å². The summed E-state index contributed by atoms with van der Waals surface area (Å²) in [5.41, 5.74) is 0.0629. The highest BCUT2D eigenvalue weighted by atomic mass is 32.2. The summed E-state index contributed by atoms with van der Waals surface area (Å²) < 4.78 is 2.81. The Morgan fingerprint density at radius 2 is 1.82 bits per heavy atom. The number of rotatable bonds is 8. The minimum absolute atomic E-state index is 0.0480. The molecule has 1 atom stereocenters. The number of thioether (sulfide) groups is 1. The van der Waals surface area contributed by atoms with Crippen molar-refractivity contribution in [2.24, 2.45) is 13.0 Å². The molecular formula is C25H28N2O4S2. The highest BCUT2D eigenvalue weighted by Gasteiger charge is 2.27.